The van der Waals surface area contributed by atoms with Crippen LogP contribution in [-0.2, 0) is 11.3 Å². The van der Waals surface area contributed by atoms with Crippen LogP contribution in [0, 0.1) is 5.82 Å². The van der Waals surface area contributed by atoms with Gasteiger partial charge in [-0.3, -0.25) is 4.79 Å². The first-order chi connectivity index (χ1) is 7.97. The standard InChI is InChI=1S/C12H16ClFN2O/c1-8(2)16(12(17)6-15)7-9-10(13)4-3-5-11(9)14/h3-5,8H,6-7,15H2,1-2H3. The van der Waals surface area contributed by atoms with Crippen LogP contribution >= 0.6 is 11.6 Å². The monoisotopic (exact) mass is 258 g/mol. The minimum atomic E-state index is -0.409. The lowest BCUT2D eigenvalue weighted by atomic mass is 10.1. The third-order valence-corrected chi connectivity index (χ3v) is 2.86. The highest BCUT2D eigenvalue weighted by Gasteiger charge is 2.18. The highest BCUT2D eigenvalue weighted by molar-refractivity contribution is 6.31. The Kier molecular flexibility index (Phi) is 4.90. The van der Waals surface area contributed by atoms with Crippen molar-refractivity contribution < 1.29 is 9.18 Å². The summed E-state index contributed by atoms with van der Waals surface area (Å²) in [5.41, 5.74) is 5.65. The number of hydrogen-bond acceptors (Lipinski definition) is 2. The van der Waals surface area contributed by atoms with Crippen LogP contribution in [0.1, 0.15) is 19.4 Å². The molecule has 1 aromatic rings. The van der Waals surface area contributed by atoms with E-state index in [-0.39, 0.29) is 25.0 Å². The van der Waals surface area contributed by atoms with Gasteiger partial charge in [0, 0.05) is 16.6 Å². The fourth-order valence-electron chi connectivity index (χ4n) is 1.53. The second-order valence-electron chi connectivity index (χ2n) is 4.02. The Balaban J connectivity index is 2.98. The zero-order valence-electron chi connectivity index (χ0n) is 9.91. The molecular formula is C12H16ClFN2O. The molecule has 0 unspecified atom stereocenters. The number of carbonyl (C=O) groups excluding carboxylic acids is 1. The van der Waals surface area contributed by atoms with Gasteiger partial charge < -0.3 is 10.6 Å². The highest BCUT2D eigenvalue weighted by Crippen LogP contribution is 2.21. The average Bonchev–Trinajstić information content (AvgIpc) is 2.27. The topological polar surface area (TPSA) is 46.3 Å². The van der Waals surface area contributed by atoms with Crippen LogP contribution in [0.15, 0.2) is 18.2 Å². The molecule has 0 aliphatic carbocycles. The Labute approximate surface area is 105 Å². The van der Waals surface area contributed by atoms with Crippen molar-refractivity contribution in [3.8, 4) is 0 Å². The number of amides is 1. The largest absolute Gasteiger partial charge is 0.335 e. The molecule has 0 aliphatic heterocycles. The van der Waals surface area contributed by atoms with Crippen molar-refractivity contribution in [3.63, 3.8) is 0 Å². The van der Waals surface area contributed by atoms with Gasteiger partial charge in [0.2, 0.25) is 5.91 Å². The Bertz CT molecular complexity index is 389. The Morgan fingerprint density at radius 2 is 2.18 bits per heavy atom. The van der Waals surface area contributed by atoms with Gasteiger partial charge in [0.15, 0.2) is 0 Å². The van der Waals surface area contributed by atoms with Gasteiger partial charge in [-0.15, -0.1) is 0 Å². The molecule has 1 rings (SSSR count). The third kappa shape index (κ3) is 3.41. The van der Waals surface area contributed by atoms with Crippen LogP contribution in [0.3, 0.4) is 0 Å². The van der Waals surface area contributed by atoms with E-state index in [1.807, 2.05) is 13.8 Å². The molecule has 94 valence electrons. The number of benzene rings is 1. The van der Waals surface area contributed by atoms with Crippen molar-refractivity contribution in [2.24, 2.45) is 5.73 Å². The minimum absolute atomic E-state index is 0.0540. The summed E-state index contributed by atoms with van der Waals surface area (Å²) >= 11 is 5.92. The summed E-state index contributed by atoms with van der Waals surface area (Å²) in [5, 5.41) is 0.320. The van der Waals surface area contributed by atoms with Crippen LogP contribution in [0.25, 0.3) is 0 Å². The normalized spacial score (nSPS) is 10.7. The van der Waals surface area contributed by atoms with E-state index >= 15 is 0 Å². The predicted octanol–water partition coefficient (Wildman–Crippen LogP) is 2.17. The molecule has 0 aromatic heterocycles. The molecule has 5 heteroatoms. The summed E-state index contributed by atoms with van der Waals surface area (Å²) in [5.74, 6) is -0.632. The van der Waals surface area contributed by atoms with Crippen molar-refractivity contribution in [3.05, 3.63) is 34.6 Å². The number of rotatable bonds is 4. The van der Waals surface area contributed by atoms with E-state index in [1.165, 1.54) is 17.0 Å². The summed E-state index contributed by atoms with van der Waals surface area (Å²) < 4.78 is 13.6. The molecule has 1 amide bonds. The van der Waals surface area contributed by atoms with Crippen LogP contribution in [0.4, 0.5) is 4.39 Å². The molecule has 0 heterocycles. The molecule has 2 N–H and O–H groups in total. The van der Waals surface area contributed by atoms with E-state index in [9.17, 15) is 9.18 Å². The second-order valence-corrected chi connectivity index (χ2v) is 4.43. The lowest BCUT2D eigenvalue weighted by Gasteiger charge is -2.27. The molecule has 0 saturated carbocycles. The Morgan fingerprint density at radius 3 is 2.65 bits per heavy atom. The maximum absolute atomic E-state index is 13.6. The molecular weight excluding hydrogens is 243 g/mol. The molecule has 0 bridgehead atoms. The van der Waals surface area contributed by atoms with Crippen molar-refractivity contribution in [2.45, 2.75) is 26.4 Å². The second kappa shape index (κ2) is 5.98. The minimum Gasteiger partial charge on any atom is -0.335 e. The van der Waals surface area contributed by atoms with Gasteiger partial charge in [0.25, 0.3) is 0 Å². The fourth-order valence-corrected chi connectivity index (χ4v) is 1.75. The van der Waals surface area contributed by atoms with Crippen LogP contribution in [0.5, 0.6) is 0 Å². The number of hydrogen-bond donors (Lipinski definition) is 1. The summed E-state index contributed by atoms with van der Waals surface area (Å²) in [6.07, 6.45) is 0. The lowest BCUT2D eigenvalue weighted by molar-refractivity contribution is -0.132. The molecule has 0 aliphatic rings. The molecule has 0 spiro atoms. The van der Waals surface area contributed by atoms with Gasteiger partial charge in [0.1, 0.15) is 5.82 Å². The van der Waals surface area contributed by atoms with Crippen LogP contribution < -0.4 is 5.73 Å². The van der Waals surface area contributed by atoms with Gasteiger partial charge >= 0.3 is 0 Å². The van der Waals surface area contributed by atoms with Crippen molar-refractivity contribution in [1.29, 1.82) is 0 Å². The zero-order chi connectivity index (χ0) is 13.0. The number of nitrogens with zero attached hydrogens (tertiary/aromatic N) is 1. The van der Waals surface area contributed by atoms with Gasteiger partial charge in [0.05, 0.1) is 13.1 Å². The maximum atomic E-state index is 13.6. The molecule has 17 heavy (non-hydrogen) atoms. The zero-order valence-corrected chi connectivity index (χ0v) is 10.7. The van der Waals surface area contributed by atoms with E-state index in [2.05, 4.69) is 0 Å². The van der Waals surface area contributed by atoms with E-state index in [0.29, 0.717) is 10.6 Å². The quantitative estimate of drug-likeness (QED) is 0.900. The van der Waals surface area contributed by atoms with Gasteiger partial charge in [-0.1, -0.05) is 17.7 Å². The average molecular weight is 259 g/mol. The molecule has 0 atom stereocenters. The van der Waals surface area contributed by atoms with E-state index in [0.717, 1.165) is 0 Å². The number of nitrogens with two attached hydrogens (primary N) is 1. The molecule has 1 aromatic carbocycles. The summed E-state index contributed by atoms with van der Waals surface area (Å²) in [7, 11) is 0. The van der Waals surface area contributed by atoms with E-state index in [1.54, 1.807) is 6.07 Å². The molecule has 0 radical (unpaired) electrons. The SMILES string of the molecule is CC(C)N(Cc1c(F)cccc1Cl)C(=O)CN. The molecule has 0 fully saturated rings. The third-order valence-electron chi connectivity index (χ3n) is 2.51. The smallest absolute Gasteiger partial charge is 0.236 e. The first-order valence-corrected chi connectivity index (χ1v) is 5.77. The van der Waals surface area contributed by atoms with Gasteiger partial charge in [-0.25, -0.2) is 4.39 Å². The highest BCUT2D eigenvalue weighted by atomic mass is 35.5. The van der Waals surface area contributed by atoms with Crippen molar-refractivity contribution >= 4 is 17.5 Å². The Hall–Kier alpha value is -1.13. The first-order valence-electron chi connectivity index (χ1n) is 5.39. The molecule has 0 saturated heterocycles. The Morgan fingerprint density at radius 1 is 1.53 bits per heavy atom. The van der Waals surface area contributed by atoms with E-state index in [4.69, 9.17) is 17.3 Å². The van der Waals surface area contributed by atoms with Crippen LogP contribution in [-0.4, -0.2) is 23.4 Å². The maximum Gasteiger partial charge on any atom is 0.236 e. The van der Waals surface area contributed by atoms with Crippen molar-refractivity contribution in [1.82, 2.24) is 4.90 Å². The number of carbonyl (C=O) groups is 1. The lowest BCUT2D eigenvalue weighted by Crippen LogP contribution is -2.40. The van der Waals surface area contributed by atoms with E-state index < -0.39 is 5.82 Å². The van der Waals surface area contributed by atoms with Crippen LogP contribution in [0.2, 0.25) is 5.02 Å². The number of halogens is 2. The summed E-state index contributed by atoms with van der Waals surface area (Å²) in [6, 6.07) is 4.41. The van der Waals surface area contributed by atoms with Crippen molar-refractivity contribution in [2.75, 3.05) is 6.54 Å². The summed E-state index contributed by atoms with van der Waals surface area (Å²) in [4.78, 5) is 13.1. The van der Waals surface area contributed by atoms with Gasteiger partial charge in [-0.05, 0) is 26.0 Å². The summed E-state index contributed by atoms with van der Waals surface area (Å²) in [6.45, 7) is 3.74. The first kappa shape index (κ1) is 13.9. The predicted molar refractivity (Wildman–Crippen MR) is 66.2 cm³/mol. The van der Waals surface area contributed by atoms with Gasteiger partial charge in [-0.2, -0.15) is 0 Å². The fraction of sp³-hybridized carbons (Fsp3) is 0.417. The molecule has 3 nitrogen and oxygen atoms in total.